The molecule has 0 amide bonds. The van der Waals surface area contributed by atoms with Crippen LogP contribution in [0.3, 0.4) is 0 Å². The third kappa shape index (κ3) is 3.24. The van der Waals surface area contributed by atoms with E-state index < -0.39 is 12.2 Å². The van der Waals surface area contributed by atoms with Crippen LogP contribution in [0.1, 0.15) is 23.8 Å². The molecule has 5 nitrogen and oxygen atoms in total. The van der Waals surface area contributed by atoms with E-state index in [1.165, 1.54) is 6.20 Å². The number of nitrogens with zero attached hydrogens (tertiary/aromatic N) is 1. The highest BCUT2D eigenvalue weighted by Crippen LogP contribution is 2.17. The first-order valence-corrected chi connectivity index (χ1v) is 4.81. The third-order valence-corrected chi connectivity index (χ3v) is 2.16. The Morgan fingerprint density at radius 1 is 1.40 bits per heavy atom. The zero-order valence-corrected chi connectivity index (χ0v) is 8.37. The Morgan fingerprint density at radius 2 is 2.13 bits per heavy atom. The number of rotatable bonds is 5. The normalized spacial score (nSPS) is 14.9. The van der Waals surface area contributed by atoms with Gasteiger partial charge < -0.3 is 21.1 Å². The van der Waals surface area contributed by atoms with Crippen LogP contribution in [0.15, 0.2) is 18.3 Å². The number of nitrogens with two attached hydrogens (primary N) is 1. The van der Waals surface area contributed by atoms with Crippen LogP contribution in [0.5, 0.6) is 0 Å². The van der Waals surface area contributed by atoms with Gasteiger partial charge in [-0.2, -0.15) is 0 Å². The highest BCUT2D eigenvalue weighted by molar-refractivity contribution is 5.17. The van der Waals surface area contributed by atoms with Crippen molar-refractivity contribution in [3.63, 3.8) is 0 Å². The van der Waals surface area contributed by atoms with Crippen molar-refractivity contribution in [2.75, 3.05) is 6.54 Å². The van der Waals surface area contributed by atoms with E-state index in [2.05, 4.69) is 4.98 Å². The van der Waals surface area contributed by atoms with Crippen LogP contribution >= 0.6 is 0 Å². The van der Waals surface area contributed by atoms with Gasteiger partial charge in [0.15, 0.2) is 0 Å². The SMILES string of the molecule is NCCC(O)C(O)c1cc(CO)ccn1. The van der Waals surface area contributed by atoms with Gasteiger partial charge in [0.2, 0.25) is 0 Å². The van der Waals surface area contributed by atoms with Crippen LogP contribution in [-0.2, 0) is 6.61 Å². The fourth-order valence-electron chi connectivity index (χ4n) is 1.28. The van der Waals surface area contributed by atoms with Gasteiger partial charge in [0.1, 0.15) is 6.10 Å². The molecule has 5 heteroatoms. The minimum Gasteiger partial charge on any atom is -0.392 e. The lowest BCUT2D eigenvalue weighted by atomic mass is 10.1. The monoisotopic (exact) mass is 212 g/mol. The molecule has 15 heavy (non-hydrogen) atoms. The summed E-state index contributed by atoms with van der Waals surface area (Å²) in [7, 11) is 0. The zero-order valence-electron chi connectivity index (χ0n) is 8.37. The number of hydrogen-bond donors (Lipinski definition) is 4. The summed E-state index contributed by atoms with van der Waals surface area (Å²) in [5, 5.41) is 28.1. The molecule has 0 fully saturated rings. The fourth-order valence-corrected chi connectivity index (χ4v) is 1.28. The van der Waals surface area contributed by atoms with Crippen molar-refractivity contribution in [2.45, 2.75) is 25.2 Å². The van der Waals surface area contributed by atoms with Gasteiger partial charge in [-0.3, -0.25) is 4.98 Å². The summed E-state index contributed by atoms with van der Waals surface area (Å²) in [6, 6.07) is 3.20. The smallest absolute Gasteiger partial charge is 0.122 e. The van der Waals surface area contributed by atoms with E-state index in [1.54, 1.807) is 12.1 Å². The molecule has 0 aliphatic heterocycles. The number of aliphatic hydroxyl groups is 3. The van der Waals surface area contributed by atoms with Gasteiger partial charge in [0.05, 0.1) is 18.4 Å². The van der Waals surface area contributed by atoms with Crippen LogP contribution in [-0.4, -0.2) is 33.0 Å². The molecule has 2 atom stereocenters. The molecule has 84 valence electrons. The molecule has 0 spiro atoms. The zero-order chi connectivity index (χ0) is 11.3. The Bertz CT molecular complexity index is 306. The summed E-state index contributed by atoms with van der Waals surface area (Å²) >= 11 is 0. The van der Waals surface area contributed by atoms with Gasteiger partial charge in [-0.25, -0.2) is 0 Å². The standard InChI is InChI=1S/C10H16N2O3/c11-3-1-9(14)10(15)8-5-7(6-13)2-4-12-8/h2,4-5,9-10,13-15H,1,3,6,11H2. The van der Waals surface area contributed by atoms with Crippen molar-refractivity contribution in [1.29, 1.82) is 0 Å². The van der Waals surface area contributed by atoms with E-state index >= 15 is 0 Å². The lowest BCUT2D eigenvalue weighted by Gasteiger charge is -2.16. The molecule has 0 bridgehead atoms. The molecule has 1 aromatic heterocycles. The molecule has 0 saturated carbocycles. The van der Waals surface area contributed by atoms with Crippen LogP contribution in [0.4, 0.5) is 0 Å². The summed E-state index contributed by atoms with van der Waals surface area (Å²) < 4.78 is 0. The van der Waals surface area contributed by atoms with Crippen LogP contribution in [0.2, 0.25) is 0 Å². The molecule has 0 radical (unpaired) electrons. The van der Waals surface area contributed by atoms with Gasteiger partial charge in [-0.1, -0.05) is 0 Å². The van der Waals surface area contributed by atoms with E-state index in [0.717, 1.165) is 0 Å². The average molecular weight is 212 g/mol. The summed E-state index contributed by atoms with van der Waals surface area (Å²) in [6.07, 6.45) is -0.178. The van der Waals surface area contributed by atoms with Gasteiger partial charge in [0.25, 0.3) is 0 Å². The van der Waals surface area contributed by atoms with E-state index in [1.807, 2.05) is 0 Å². The molecular weight excluding hydrogens is 196 g/mol. The molecule has 0 aliphatic carbocycles. The van der Waals surface area contributed by atoms with E-state index in [0.29, 0.717) is 24.2 Å². The first-order chi connectivity index (χ1) is 7.19. The lowest BCUT2D eigenvalue weighted by Crippen LogP contribution is -2.22. The van der Waals surface area contributed by atoms with Crippen molar-refractivity contribution < 1.29 is 15.3 Å². The quantitative estimate of drug-likeness (QED) is 0.518. The predicted octanol–water partition coefficient (Wildman–Crippen LogP) is -0.683. The van der Waals surface area contributed by atoms with Crippen molar-refractivity contribution >= 4 is 0 Å². The third-order valence-electron chi connectivity index (χ3n) is 2.16. The Kier molecular flexibility index (Phi) is 4.64. The molecule has 0 saturated heterocycles. The molecule has 1 heterocycles. The van der Waals surface area contributed by atoms with Crippen molar-refractivity contribution in [3.05, 3.63) is 29.6 Å². The topological polar surface area (TPSA) is 99.6 Å². The van der Waals surface area contributed by atoms with Gasteiger partial charge in [0, 0.05) is 6.20 Å². The summed E-state index contributed by atoms with van der Waals surface area (Å²) in [5.74, 6) is 0. The lowest BCUT2D eigenvalue weighted by molar-refractivity contribution is 0.0124. The Labute approximate surface area is 88.2 Å². The highest BCUT2D eigenvalue weighted by Gasteiger charge is 2.18. The molecule has 5 N–H and O–H groups in total. The number of aliphatic hydroxyl groups excluding tert-OH is 3. The largest absolute Gasteiger partial charge is 0.392 e. The Morgan fingerprint density at radius 3 is 2.73 bits per heavy atom. The number of aromatic nitrogens is 1. The van der Waals surface area contributed by atoms with Gasteiger partial charge in [-0.15, -0.1) is 0 Å². The highest BCUT2D eigenvalue weighted by atomic mass is 16.3. The van der Waals surface area contributed by atoms with Crippen LogP contribution in [0, 0.1) is 0 Å². The molecule has 0 aromatic carbocycles. The maximum Gasteiger partial charge on any atom is 0.122 e. The van der Waals surface area contributed by atoms with Gasteiger partial charge in [-0.05, 0) is 30.7 Å². The minimum atomic E-state index is -1.06. The Hall–Kier alpha value is -1.01. The maximum atomic E-state index is 9.69. The second kappa shape index (κ2) is 5.77. The molecular formula is C10H16N2O3. The maximum absolute atomic E-state index is 9.69. The van der Waals surface area contributed by atoms with E-state index in [9.17, 15) is 10.2 Å². The number of hydrogen-bond acceptors (Lipinski definition) is 5. The van der Waals surface area contributed by atoms with Gasteiger partial charge >= 0.3 is 0 Å². The van der Waals surface area contributed by atoms with Crippen molar-refractivity contribution in [1.82, 2.24) is 4.98 Å². The van der Waals surface area contributed by atoms with Crippen LogP contribution in [0.25, 0.3) is 0 Å². The average Bonchev–Trinajstić information content (AvgIpc) is 2.28. The first-order valence-electron chi connectivity index (χ1n) is 4.81. The number of pyridine rings is 1. The van der Waals surface area contributed by atoms with Crippen molar-refractivity contribution in [2.24, 2.45) is 5.73 Å². The minimum absolute atomic E-state index is 0.116. The summed E-state index contributed by atoms with van der Waals surface area (Å²) in [4.78, 5) is 3.93. The Balaban J connectivity index is 2.76. The molecule has 1 rings (SSSR count). The van der Waals surface area contributed by atoms with Crippen molar-refractivity contribution in [3.8, 4) is 0 Å². The first kappa shape index (κ1) is 12.1. The second-order valence-corrected chi connectivity index (χ2v) is 3.34. The molecule has 0 aliphatic rings. The second-order valence-electron chi connectivity index (χ2n) is 3.34. The van der Waals surface area contributed by atoms with E-state index in [-0.39, 0.29) is 6.61 Å². The van der Waals surface area contributed by atoms with E-state index in [4.69, 9.17) is 10.8 Å². The van der Waals surface area contributed by atoms with Crippen LogP contribution < -0.4 is 5.73 Å². The fraction of sp³-hybridized carbons (Fsp3) is 0.500. The molecule has 2 unspecified atom stereocenters. The summed E-state index contributed by atoms with van der Waals surface area (Å²) in [6.45, 7) is 0.188. The molecule has 1 aromatic rings. The predicted molar refractivity (Wildman–Crippen MR) is 54.8 cm³/mol. The summed E-state index contributed by atoms with van der Waals surface area (Å²) in [5.41, 5.74) is 6.27.